The minimum atomic E-state index is -1.45. The number of hydrogen-bond donors (Lipinski definition) is 0. The van der Waals surface area contributed by atoms with Crippen molar-refractivity contribution in [3.8, 4) is 11.5 Å². The van der Waals surface area contributed by atoms with E-state index in [1.165, 1.54) is 4.90 Å². The maximum absolute atomic E-state index is 16.0. The first-order valence-corrected chi connectivity index (χ1v) is 16.1. The third kappa shape index (κ3) is 3.89. The molecule has 0 aromatic heterocycles. The zero-order chi connectivity index (χ0) is 33.0. The van der Waals surface area contributed by atoms with Crippen LogP contribution in [0.5, 0.6) is 11.5 Å². The molecule has 5 aromatic rings. The van der Waals surface area contributed by atoms with Gasteiger partial charge in [0.15, 0.2) is 5.78 Å². The van der Waals surface area contributed by atoms with Crippen molar-refractivity contribution in [2.45, 2.75) is 17.4 Å². The molecule has 0 radical (unpaired) electrons. The van der Waals surface area contributed by atoms with Crippen LogP contribution >= 0.6 is 0 Å². The molecule has 4 atom stereocenters. The highest BCUT2D eigenvalue weighted by Crippen LogP contribution is 2.74. The minimum Gasteiger partial charge on any atom is -0.497 e. The first kappa shape index (κ1) is 29.6. The molecule has 1 saturated heterocycles. The van der Waals surface area contributed by atoms with Crippen LogP contribution in [0.4, 0.5) is 0 Å². The molecule has 1 heterocycles. The highest BCUT2D eigenvalue weighted by molar-refractivity contribution is 6.35. The molecule has 0 unspecified atom stereocenters. The molecule has 0 N–H and O–H groups in total. The smallest absolute Gasteiger partial charge is 0.235 e. The van der Waals surface area contributed by atoms with Gasteiger partial charge in [0.2, 0.25) is 11.8 Å². The van der Waals surface area contributed by atoms with Crippen molar-refractivity contribution in [1.82, 2.24) is 4.90 Å². The number of hydrogen-bond acceptors (Lipinski definition) is 5. The Morgan fingerprint density at radius 3 is 1.27 bits per heavy atom. The zero-order valence-corrected chi connectivity index (χ0v) is 26.6. The topological polar surface area (TPSA) is 72.9 Å². The Morgan fingerprint density at radius 2 is 0.896 bits per heavy atom. The Bertz CT molecular complexity index is 1940. The number of ketones is 1. The van der Waals surface area contributed by atoms with Gasteiger partial charge in [0.05, 0.1) is 43.4 Å². The van der Waals surface area contributed by atoms with Crippen molar-refractivity contribution in [1.29, 1.82) is 0 Å². The average molecular weight is 632 g/mol. The first-order valence-electron chi connectivity index (χ1n) is 16.1. The molecular weight excluding hydrogens is 598 g/mol. The molecule has 6 nitrogen and oxygen atoms in total. The molecule has 1 aliphatic heterocycles. The second kappa shape index (κ2) is 11.2. The fraction of sp³-hybridized carbons (Fsp3) is 0.167. The maximum Gasteiger partial charge on any atom is 0.235 e. The number of imide groups is 1. The van der Waals surface area contributed by atoms with Crippen molar-refractivity contribution < 1.29 is 23.9 Å². The number of likely N-dealkylation sites (tertiary alicyclic amines) is 1. The van der Waals surface area contributed by atoms with E-state index in [4.69, 9.17) is 9.47 Å². The fourth-order valence-electron chi connectivity index (χ4n) is 8.62. The molecule has 2 aliphatic carbocycles. The summed E-state index contributed by atoms with van der Waals surface area (Å²) in [6, 6.07) is 43.9. The van der Waals surface area contributed by atoms with E-state index in [1.54, 1.807) is 14.2 Å². The molecule has 2 amide bonds. The van der Waals surface area contributed by atoms with Crippen LogP contribution in [0.2, 0.25) is 0 Å². The van der Waals surface area contributed by atoms with Gasteiger partial charge in [-0.05, 0) is 63.2 Å². The van der Waals surface area contributed by atoms with Crippen molar-refractivity contribution >= 4 is 28.7 Å². The number of benzene rings is 5. The van der Waals surface area contributed by atoms with E-state index in [1.807, 2.05) is 140 Å². The summed E-state index contributed by atoms with van der Waals surface area (Å²) >= 11 is 0. The van der Waals surface area contributed by atoms with Crippen LogP contribution in [0.15, 0.2) is 140 Å². The van der Waals surface area contributed by atoms with Gasteiger partial charge in [0.25, 0.3) is 0 Å². The third-order valence-corrected chi connectivity index (χ3v) is 10.5. The van der Waals surface area contributed by atoms with Crippen LogP contribution in [0.3, 0.4) is 0 Å². The SMILES string of the molecule is COc1ccc(C2=C(c3ccc(OC)cc3)[C@@]3(c4ccccc4)C(=O)[C@@]2(c2ccccc2)[C@H]2C(=O)N(Cc4ccccc4)C(=O)[C@@H]23)cc1. The maximum atomic E-state index is 16.0. The van der Waals surface area contributed by atoms with Crippen LogP contribution in [-0.4, -0.2) is 36.7 Å². The molecular formula is C42H33NO5. The number of Topliss-reactive ketones (excluding diaryl/α,β-unsaturated/α-hetero) is 1. The molecule has 1 saturated carbocycles. The summed E-state index contributed by atoms with van der Waals surface area (Å²) in [5, 5.41) is 0. The number of carbonyl (C=O) groups excluding carboxylic acids is 3. The number of allylic oxidation sites excluding steroid dienone is 2. The molecule has 0 spiro atoms. The number of methoxy groups -OCH3 is 2. The van der Waals surface area contributed by atoms with Gasteiger partial charge in [-0.2, -0.15) is 0 Å². The second-order valence-corrected chi connectivity index (χ2v) is 12.6. The van der Waals surface area contributed by atoms with Gasteiger partial charge in [0, 0.05) is 0 Å². The predicted molar refractivity (Wildman–Crippen MR) is 183 cm³/mol. The van der Waals surface area contributed by atoms with Crippen molar-refractivity contribution in [2.75, 3.05) is 14.2 Å². The van der Waals surface area contributed by atoms with Gasteiger partial charge < -0.3 is 9.47 Å². The zero-order valence-electron chi connectivity index (χ0n) is 26.6. The largest absolute Gasteiger partial charge is 0.497 e. The predicted octanol–water partition coefficient (Wildman–Crippen LogP) is 6.89. The molecule has 5 aromatic carbocycles. The number of nitrogens with zero attached hydrogens (tertiary/aromatic N) is 1. The Labute approximate surface area is 279 Å². The quantitative estimate of drug-likeness (QED) is 0.175. The van der Waals surface area contributed by atoms with Gasteiger partial charge in [-0.3, -0.25) is 19.3 Å². The summed E-state index contributed by atoms with van der Waals surface area (Å²) in [7, 11) is 3.23. The number of fused-ring (bicyclic) bond motifs is 5. The van der Waals surface area contributed by atoms with Gasteiger partial charge in [-0.1, -0.05) is 115 Å². The lowest BCUT2D eigenvalue weighted by Crippen LogP contribution is -2.45. The summed E-state index contributed by atoms with van der Waals surface area (Å²) < 4.78 is 11.0. The Balaban J connectivity index is 1.51. The van der Waals surface area contributed by atoms with Gasteiger partial charge >= 0.3 is 0 Å². The number of rotatable bonds is 8. The number of amides is 2. The standard InChI is InChI=1S/C42H33NO5/c1-47-32-22-18-28(19-23-32)34-35(29-20-24-33(48-2)25-21-29)42(31-16-10-5-11-17-31)37-36(41(34,40(42)46)30-14-8-4-9-15-30)38(44)43(39(37)45)26-27-12-6-3-7-13-27/h3-25,36-37H,26H2,1-2H3/t36-,37-,41-,42-/m1/s1. The normalized spacial score (nSPS) is 24.3. The van der Waals surface area contributed by atoms with Crippen LogP contribution in [0.25, 0.3) is 11.1 Å². The van der Waals surface area contributed by atoms with Gasteiger partial charge in [-0.25, -0.2) is 0 Å². The highest BCUT2D eigenvalue weighted by atomic mass is 16.5. The van der Waals surface area contributed by atoms with Crippen molar-refractivity contribution in [2.24, 2.45) is 11.8 Å². The summed E-state index contributed by atoms with van der Waals surface area (Å²) in [4.78, 5) is 47.3. The number of carbonyl (C=O) groups is 3. The lowest BCUT2D eigenvalue weighted by atomic mass is 9.59. The lowest BCUT2D eigenvalue weighted by Gasteiger charge is -2.39. The van der Waals surface area contributed by atoms with Crippen LogP contribution < -0.4 is 9.47 Å². The highest BCUT2D eigenvalue weighted by Gasteiger charge is 2.82. The summed E-state index contributed by atoms with van der Waals surface area (Å²) in [6.07, 6.45) is 0. The van der Waals surface area contributed by atoms with E-state index >= 15 is 4.79 Å². The van der Waals surface area contributed by atoms with E-state index in [9.17, 15) is 9.59 Å². The first-order chi connectivity index (χ1) is 23.5. The Hall–Kier alpha value is -5.75. The second-order valence-electron chi connectivity index (χ2n) is 12.6. The third-order valence-electron chi connectivity index (χ3n) is 10.5. The average Bonchev–Trinajstić information content (AvgIpc) is 3.65. The van der Waals surface area contributed by atoms with Crippen molar-refractivity contribution in [3.63, 3.8) is 0 Å². The van der Waals surface area contributed by atoms with Gasteiger partial charge in [-0.15, -0.1) is 0 Å². The van der Waals surface area contributed by atoms with Crippen molar-refractivity contribution in [3.05, 3.63) is 167 Å². The molecule has 3 aliphatic rings. The van der Waals surface area contributed by atoms with E-state index in [0.717, 1.165) is 27.8 Å². The Kier molecular flexibility index (Phi) is 6.91. The minimum absolute atomic E-state index is 0.130. The van der Waals surface area contributed by atoms with Crippen LogP contribution in [-0.2, 0) is 31.8 Å². The van der Waals surface area contributed by atoms with E-state index < -0.39 is 22.7 Å². The summed E-state index contributed by atoms with van der Waals surface area (Å²) in [5.41, 5.74) is 2.37. The van der Waals surface area contributed by atoms with Crippen LogP contribution in [0, 0.1) is 11.8 Å². The van der Waals surface area contributed by atoms with E-state index in [0.29, 0.717) is 22.6 Å². The lowest BCUT2D eigenvalue weighted by molar-refractivity contribution is -0.143. The van der Waals surface area contributed by atoms with Crippen LogP contribution in [0.1, 0.15) is 27.8 Å². The summed E-state index contributed by atoms with van der Waals surface area (Å²) in [6.45, 7) is 0.130. The summed E-state index contributed by atoms with van der Waals surface area (Å²) in [5.74, 6) is -1.38. The molecule has 8 rings (SSSR count). The molecule has 2 fully saturated rings. The number of ether oxygens (including phenoxy) is 2. The monoisotopic (exact) mass is 631 g/mol. The molecule has 48 heavy (non-hydrogen) atoms. The fourth-order valence-corrected chi connectivity index (χ4v) is 8.62. The molecule has 6 heteroatoms. The van der Waals surface area contributed by atoms with Gasteiger partial charge in [0.1, 0.15) is 11.5 Å². The molecule has 2 bridgehead atoms. The Morgan fingerprint density at radius 1 is 0.521 bits per heavy atom. The van der Waals surface area contributed by atoms with E-state index in [2.05, 4.69) is 0 Å². The molecule has 236 valence electrons. The van der Waals surface area contributed by atoms with E-state index in [-0.39, 0.29) is 24.1 Å².